The average molecular weight is 241 g/mol. The van der Waals surface area contributed by atoms with E-state index in [1.165, 1.54) is 11.3 Å². The third-order valence-corrected chi connectivity index (χ3v) is 3.81. The van der Waals surface area contributed by atoms with Gasteiger partial charge in [-0.1, -0.05) is 12.2 Å². The van der Waals surface area contributed by atoms with E-state index in [0.29, 0.717) is 29.5 Å². The van der Waals surface area contributed by atoms with E-state index < -0.39 is 0 Å². The van der Waals surface area contributed by atoms with Gasteiger partial charge in [-0.3, -0.25) is 4.79 Å². The summed E-state index contributed by atoms with van der Waals surface area (Å²) in [5, 5.41) is 3.09. The molecule has 1 aliphatic rings. The molecule has 0 unspecified atom stereocenters. The van der Waals surface area contributed by atoms with Gasteiger partial charge in [0.2, 0.25) is 0 Å². The lowest BCUT2D eigenvalue weighted by Crippen LogP contribution is -2.23. The molecule has 0 aromatic carbocycles. The van der Waals surface area contributed by atoms with Gasteiger partial charge in [0.15, 0.2) is 11.5 Å². The highest BCUT2D eigenvalue weighted by molar-refractivity contribution is 7.81. The molecule has 0 saturated carbocycles. The Labute approximate surface area is 97.4 Å². The van der Waals surface area contributed by atoms with Gasteiger partial charge >= 0.3 is 0 Å². The minimum absolute atomic E-state index is 0.0368. The number of ether oxygens (including phenoxy) is 1. The lowest BCUT2D eigenvalue weighted by atomic mass is 10.1. The molecule has 5 heteroatoms. The first-order chi connectivity index (χ1) is 7.11. The zero-order valence-corrected chi connectivity index (χ0v) is 10.2. The van der Waals surface area contributed by atoms with Crippen LogP contribution in [0.1, 0.15) is 27.0 Å². The van der Waals surface area contributed by atoms with Crippen molar-refractivity contribution in [3.8, 4) is 5.75 Å². The van der Waals surface area contributed by atoms with E-state index in [0.717, 1.165) is 9.75 Å². The summed E-state index contributed by atoms with van der Waals surface area (Å²) in [7, 11) is 0. The average Bonchev–Trinajstić information content (AvgIpc) is 2.40. The largest absolute Gasteiger partial charge is 0.489 e. The maximum Gasteiger partial charge on any atom is 0.164 e. The quantitative estimate of drug-likeness (QED) is 0.602. The molecular formula is C10H11NO2S2. The number of aryl methyl sites for hydroxylation is 1. The van der Waals surface area contributed by atoms with E-state index in [2.05, 4.69) is 5.32 Å². The first-order valence-corrected chi connectivity index (χ1v) is 5.89. The molecule has 2 heterocycles. The Bertz CT molecular complexity index is 437. The van der Waals surface area contributed by atoms with Gasteiger partial charge in [0.1, 0.15) is 16.5 Å². The predicted molar refractivity (Wildman–Crippen MR) is 64.3 cm³/mol. The molecule has 15 heavy (non-hydrogen) atoms. The number of fused-ring (bicyclic) bond motifs is 1. The van der Waals surface area contributed by atoms with Crippen LogP contribution in [0.5, 0.6) is 5.75 Å². The topological polar surface area (TPSA) is 38.3 Å². The number of thiocarbonyl (C=S) groups is 1. The number of rotatable bonds is 1. The number of carbonyl (C=O) groups excluding carboxylic acids is 1. The number of Topliss-reactive ketones (excluding diaryl/α,β-unsaturated/α-hetero) is 1. The highest BCUT2D eigenvalue weighted by atomic mass is 32.1. The van der Waals surface area contributed by atoms with Gasteiger partial charge in [-0.05, 0) is 13.8 Å². The third-order valence-electron chi connectivity index (χ3n) is 2.23. The number of hydrogen-bond donors (Lipinski definition) is 1. The van der Waals surface area contributed by atoms with Crippen LogP contribution >= 0.6 is 23.6 Å². The van der Waals surface area contributed by atoms with Gasteiger partial charge < -0.3 is 10.1 Å². The van der Waals surface area contributed by atoms with E-state index in [1.54, 1.807) is 6.92 Å². The summed E-state index contributed by atoms with van der Waals surface area (Å²) in [5.74, 6) is 0.703. The number of carbonyl (C=O) groups is 1. The van der Waals surface area contributed by atoms with Crippen molar-refractivity contribution in [3.63, 3.8) is 0 Å². The fourth-order valence-corrected chi connectivity index (χ4v) is 3.00. The molecule has 3 nitrogen and oxygen atoms in total. The zero-order chi connectivity index (χ0) is 11.0. The fourth-order valence-electron chi connectivity index (χ4n) is 1.62. The van der Waals surface area contributed by atoms with E-state index in [1.807, 2.05) is 6.92 Å². The zero-order valence-electron chi connectivity index (χ0n) is 8.55. The number of hydrogen-bond acceptors (Lipinski definition) is 4. The van der Waals surface area contributed by atoms with Gasteiger partial charge in [-0.2, -0.15) is 0 Å². The smallest absolute Gasteiger partial charge is 0.164 e. The molecule has 2 rings (SSSR count). The van der Waals surface area contributed by atoms with Crippen LogP contribution in [0.2, 0.25) is 0 Å². The van der Waals surface area contributed by atoms with Crippen molar-refractivity contribution in [2.45, 2.75) is 13.8 Å². The van der Waals surface area contributed by atoms with Crippen molar-refractivity contribution in [2.75, 3.05) is 13.2 Å². The highest BCUT2D eigenvalue weighted by Gasteiger charge is 2.24. The maximum atomic E-state index is 11.5. The van der Waals surface area contributed by atoms with Crippen molar-refractivity contribution in [2.24, 2.45) is 0 Å². The van der Waals surface area contributed by atoms with Crippen LogP contribution in [0.15, 0.2) is 0 Å². The van der Waals surface area contributed by atoms with Crippen molar-refractivity contribution in [1.82, 2.24) is 5.32 Å². The van der Waals surface area contributed by atoms with Gasteiger partial charge in [-0.15, -0.1) is 11.3 Å². The number of thiophene rings is 1. The molecule has 0 aliphatic carbocycles. The Hall–Kier alpha value is -0.940. The summed E-state index contributed by atoms with van der Waals surface area (Å²) in [6.07, 6.45) is 0. The second-order valence-electron chi connectivity index (χ2n) is 3.35. The Morgan fingerprint density at radius 1 is 1.60 bits per heavy atom. The van der Waals surface area contributed by atoms with Crippen LogP contribution in [-0.4, -0.2) is 23.9 Å². The van der Waals surface area contributed by atoms with Crippen LogP contribution in [-0.2, 0) is 0 Å². The van der Waals surface area contributed by atoms with E-state index in [9.17, 15) is 4.79 Å². The molecule has 0 radical (unpaired) electrons. The Morgan fingerprint density at radius 3 is 3.00 bits per heavy atom. The summed E-state index contributed by atoms with van der Waals surface area (Å²) in [4.78, 5) is 14.0. The molecule has 1 N–H and O–H groups in total. The molecule has 0 bridgehead atoms. The second-order valence-corrected chi connectivity index (χ2v) is 4.99. The summed E-state index contributed by atoms with van der Waals surface area (Å²) >= 11 is 6.73. The molecule has 80 valence electrons. The maximum absolute atomic E-state index is 11.5. The molecule has 0 spiro atoms. The lowest BCUT2D eigenvalue weighted by Gasteiger charge is -2.03. The Kier molecular flexibility index (Phi) is 2.75. The van der Waals surface area contributed by atoms with Crippen molar-refractivity contribution in [1.29, 1.82) is 0 Å². The molecule has 0 fully saturated rings. The molecule has 0 amide bonds. The highest BCUT2D eigenvalue weighted by Crippen LogP contribution is 2.36. The molecule has 1 aliphatic heterocycles. The van der Waals surface area contributed by atoms with Gasteiger partial charge in [0.25, 0.3) is 0 Å². The minimum atomic E-state index is 0.0368. The Morgan fingerprint density at radius 2 is 2.33 bits per heavy atom. The van der Waals surface area contributed by atoms with Crippen LogP contribution in [0.3, 0.4) is 0 Å². The normalized spacial score (nSPS) is 14.9. The summed E-state index contributed by atoms with van der Waals surface area (Å²) in [5.41, 5.74) is 0.682. The van der Waals surface area contributed by atoms with Crippen LogP contribution in [0.4, 0.5) is 0 Å². The molecule has 0 saturated heterocycles. The summed E-state index contributed by atoms with van der Waals surface area (Å²) in [6, 6.07) is 0. The Balaban J connectivity index is 2.59. The summed E-state index contributed by atoms with van der Waals surface area (Å²) < 4.78 is 5.57. The molecule has 1 aromatic rings. The second kappa shape index (κ2) is 3.90. The first kappa shape index (κ1) is 10.6. The van der Waals surface area contributed by atoms with E-state index >= 15 is 0 Å². The monoisotopic (exact) mass is 241 g/mol. The molecule has 0 atom stereocenters. The van der Waals surface area contributed by atoms with Gasteiger partial charge in [0.05, 0.1) is 5.56 Å². The van der Waals surface area contributed by atoms with Crippen LogP contribution < -0.4 is 10.1 Å². The predicted octanol–water partition coefficient (Wildman–Crippen LogP) is 1.92. The van der Waals surface area contributed by atoms with Gasteiger partial charge in [-0.25, -0.2) is 0 Å². The standard InChI is InChI=1S/C10H11NO2S2/c1-5(12)7-6(2)15-9-8(7)13-4-3-11-10(9)14/h3-4H2,1-2H3,(H,11,14). The third kappa shape index (κ3) is 1.77. The van der Waals surface area contributed by atoms with Crippen molar-refractivity contribution in [3.05, 3.63) is 15.3 Å². The SMILES string of the molecule is CC(=O)c1c(C)sc2c1OCCNC2=S. The van der Waals surface area contributed by atoms with Crippen LogP contribution in [0.25, 0.3) is 0 Å². The number of ketones is 1. The molecule has 1 aromatic heterocycles. The number of nitrogens with one attached hydrogen (secondary N) is 1. The minimum Gasteiger partial charge on any atom is -0.489 e. The van der Waals surface area contributed by atoms with Crippen LogP contribution in [0, 0.1) is 6.92 Å². The molecular weight excluding hydrogens is 230 g/mol. The van der Waals surface area contributed by atoms with E-state index in [-0.39, 0.29) is 5.78 Å². The first-order valence-electron chi connectivity index (χ1n) is 4.66. The lowest BCUT2D eigenvalue weighted by molar-refractivity contribution is 0.101. The van der Waals surface area contributed by atoms with Gasteiger partial charge in [0, 0.05) is 11.4 Å². The summed E-state index contributed by atoms with van der Waals surface area (Å²) in [6.45, 7) is 4.71. The van der Waals surface area contributed by atoms with E-state index in [4.69, 9.17) is 17.0 Å². The van der Waals surface area contributed by atoms with Crippen molar-refractivity contribution < 1.29 is 9.53 Å². The fraction of sp³-hybridized carbons (Fsp3) is 0.400. The van der Waals surface area contributed by atoms with Crippen molar-refractivity contribution >= 4 is 34.3 Å².